The van der Waals surface area contributed by atoms with Gasteiger partial charge in [0.05, 0.1) is 5.02 Å². The lowest BCUT2D eigenvalue weighted by molar-refractivity contribution is -0.116. The number of nitrogens with one attached hydrogen (secondary N) is 1. The third-order valence-corrected chi connectivity index (χ3v) is 3.21. The molecule has 1 aliphatic heterocycles. The Morgan fingerprint density at radius 2 is 2.12 bits per heavy atom. The van der Waals surface area contributed by atoms with Gasteiger partial charge in [-0.15, -0.1) is 11.6 Å². The van der Waals surface area contributed by atoms with Crippen LogP contribution in [0.25, 0.3) is 0 Å². The lowest BCUT2D eigenvalue weighted by Gasteiger charge is -2.18. The van der Waals surface area contributed by atoms with Crippen molar-refractivity contribution in [3.63, 3.8) is 0 Å². The van der Waals surface area contributed by atoms with E-state index >= 15 is 0 Å². The second-order valence-electron chi connectivity index (χ2n) is 3.90. The summed E-state index contributed by atoms with van der Waals surface area (Å²) in [5, 5.41) is 3.10. The summed E-state index contributed by atoms with van der Waals surface area (Å²) in [6.45, 7) is 0. The number of ketones is 1. The fourth-order valence-corrected chi connectivity index (χ4v) is 2.28. The molecule has 1 amide bonds. The molecule has 5 heteroatoms. The Kier molecular flexibility index (Phi) is 3.69. The molecule has 1 N–H and O–H groups in total. The molecule has 0 bridgehead atoms. The third kappa shape index (κ3) is 2.61. The highest BCUT2D eigenvalue weighted by Crippen LogP contribution is 2.30. The average molecular weight is 272 g/mol. The number of amides is 1. The quantitative estimate of drug-likeness (QED) is 0.679. The number of hydrogen-bond donors (Lipinski definition) is 1. The standard InChI is InChI=1S/C12H11Cl2NO2/c13-4-3-11(16)8-5-7-1-2-12(17)15-10(7)6-9(8)14/h5-6H,1-4H2,(H,15,17). The van der Waals surface area contributed by atoms with E-state index in [0.29, 0.717) is 29.1 Å². The van der Waals surface area contributed by atoms with Crippen molar-refractivity contribution in [2.75, 3.05) is 11.2 Å². The summed E-state index contributed by atoms with van der Waals surface area (Å²) in [5.41, 5.74) is 2.14. The first kappa shape index (κ1) is 12.4. The van der Waals surface area contributed by atoms with Crippen LogP contribution < -0.4 is 5.32 Å². The van der Waals surface area contributed by atoms with Gasteiger partial charge in [-0.1, -0.05) is 11.6 Å². The highest BCUT2D eigenvalue weighted by Gasteiger charge is 2.19. The minimum atomic E-state index is -0.0651. The lowest BCUT2D eigenvalue weighted by atomic mass is 9.98. The molecule has 3 nitrogen and oxygen atoms in total. The second kappa shape index (κ2) is 5.07. The molecule has 90 valence electrons. The molecule has 0 aliphatic carbocycles. The number of rotatable bonds is 3. The maximum atomic E-state index is 11.8. The van der Waals surface area contributed by atoms with Crippen molar-refractivity contribution >= 4 is 40.6 Å². The zero-order valence-corrected chi connectivity index (χ0v) is 10.6. The Morgan fingerprint density at radius 1 is 1.35 bits per heavy atom. The Bertz CT molecular complexity index is 486. The van der Waals surface area contributed by atoms with E-state index in [0.717, 1.165) is 5.56 Å². The van der Waals surface area contributed by atoms with E-state index in [1.165, 1.54) is 0 Å². The fourth-order valence-electron chi connectivity index (χ4n) is 1.84. The topological polar surface area (TPSA) is 46.2 Å². The normalized spacial score (nSPS) is 14.1. The minimum Gasteiger partial charge on any atom is -0.326 e. The molecule has 0 atom stereocenters. The Labute approximate surface area is 109 Å². The van der Waals surface area contributed by atoms with Gasteiger partial charge in [0.1, 0.15) is 0 Å². The van der Waals surface area contributed by atoms with Gasteiger partial charge < -0.3 is 5.32 Å². The monoisotopic (exact) mass is 271 g/mol. The number of hydrogen-bond acceptors (Lipinski definition) is 2. The molecule has 1 aromatic carbocycles. The van der Waals surface area contributed by atoms with Gasteiger partial charge in [-0.25, -0.2) is 0 Å². The van der Waals surface area contributed by atoms with Crippen LogP contribution in [-0.2, 0) is 11.2 Å². The van der Waals surface area contributed by atoms with Crippen molar-refractivity contribution in [1.29, 1.82) is 0 Å². The van der Waals surface area contributed by atoms with Gasteiger partial charge in [0.15, 0.2) is 5.78 Å². The summed E-state index contributed by atoms with van der Waals surface area (Å²) >= 11 is 11.6. The third-order valence-electron chi connectivity index (χ3n) is 2.71. The highest BCUT2D eigenvalue weighted by atomic mass is 35.5. The van der Waals surface area contributed by atoms with Gasteiger partial charge in [0.25, 0.3) is 0 Å². The molecule has 2 rings (SSSR count). The van der Waals surface area contributed by atoms with Crippen LogP contribution in [0.15, 0.2) is 12.1 Å². The highest BCUT2D eigenvalue weighted by molar-refractivity contribution is 6.34. The molecule has 0 spiro atoms. The van der Waals surface area contributed by atoms with E-state index in [2.05, 4.69) is 5.32 Å². The molecule has 0 fully saturated rings. The molecule has 0 saturated carbocycles. The molecule has 1 aromatic rings. The maximum Gasteiger partial charge on any atom is 0.224 e. The van der Waals surface area contributed by atoms with Crippen molar-refractivity contribution in [3.8, 4) is 0 Å². The molecule has 0 saturated heterocycles. The zero-order valence-electron chi connectivity index (χ0n) is 9.06. The first-order valence-electron chi connectivity index (χ1n) is 5.33. The fraction of sp³-hybridized carbons (Fsp3) is 0.333. The molecular weight excluding hydrogens is 261 g/mol. The number of Topliss-reactive ketones (excluding diaryl/α,β-unsaturated/α-hetero) is 1. The van der Waals surface area contributed by atoms with Gasteiger partial charge in [-0.3, -0.25) is 9.59 Å². The number of benzene rings is 1. The second-order valence-corrected chi connectivity index (χ2v) is 4.68. The smallest absolute Gasteiger partial charge is 0.224 e. The van der Waals surface area contributed by atoms with Crippen molar-refractivity contribution < 1.29 is 9.59 Å². The number of carbonyl (C=O) groups excluding carboxylic acids is 2. The molecule has 17 heavy (non-hydrogen) atoms. The predicted octanol–water partition coefficient (Wildman–Crippen LogP) is 3.04. The van der Waals surface area contributed by atoms with Crippen LogP contribution in [0.4, 0.5) is 5.69 Å². The number of alkyl halides is 1. The van der Waals surface area contributed by atoms with Crippen LogP contribution >= 0.6 is 23.2 Å². The lowest BCUT2D eigenvalue weighted by Crippen LogP contribution is -2.19. The largest absolute Gasteiger partial charge is 0.326 e. The number of halogens is 2. The van der Waals surface area contributed by atoms with Crippen LogP contribution in [0.3, 0.4) is 0 Å². The van der Waals surface area contributed by atoms with Crippen molar-refractivity contribution in [2.24, 2.45) is 0 Å². The van der Waals surface area contributed by atoms with Gasteiger partial charge in [-0.2, -0.15) is 0 Å². The van der Waals surface area contributed by atoms with Crippen molar-refractivity contribution in [3.05, 3.63) is 28.3 Å². The molecular formula is C12H11Cl2NO2. The predicted molar refractivity (Wildman–Crippen MR) is 68.1 cm³/mol. The van der Waals surface area contributed by atoms with Gasteiger partial charge in [-0.05, 0) is 24.1 Å². The molecule has 1 aliphatic rings. The molecule has 0 aromatic heterocycles. The first-order chi connectivity index (χ1) is 8.11. The van der Waals surface area contributed by atoms with Gasteiger partial charge >= 0.3 is 0 Å². The van der Waals surface area contributed by atoms with Crippen LogP contribution in [0.2, 0.25) is 5.02 Å². The van der Waals surface area contributed by atoms with E-state index in [-0.39, 0.29) is 24.0 Å². The van der Waals surface area contributed by atoms with E-state index in [9.17, 15) is 9.59 Å². The van der Waals surface area contributed by atoms with Gasteiger partial charge in [0.2, 0.25) is 5.91 Å². The molecule has 0 unspecified atom stereocenters. The van der Waals surface area contributed by atoms with Crippen LogP contribution in [0, 0.1) is 0 Å². The summed E-state index contributed by atoms with van der Waals surface area (Å²) in [7, 11) is 0. The average Bonchev–Trinajstić information content (AvgIpc) is 2.28. The number of anilines is 1. The van der Waals surface area contributed by atoms with E-state index < -0.39 is 0 Å². The summed E-state index contributed by atoms with van der Waals surface area (Å²) in [5.74, 6) is 0.196. The summed E-state index contributed by atoms with van der Waals surface area (Å²) in [6, 6.07) is 3.39. The Hall–Kier alpha value is -1.06. The number of aryl methyl sites for hydroxylation is 1. The van der Waals surface area contributed by atoms with Crippen molar-refractivity contribution in [2.45, 2.75) is 19.3 Å². The number of fused-ring (bicyclic) bond motifs is 1. The minimum absolute atomic E-state index is 0.0200. The summed E-state index contributed by atoms with van der Waals surface area (Å²) in [6.07, 6.45) is 1.35. The molecule has 1 heterocycles. The van der Waals surface area contributed by atoms with Crippen LogP contribution in [-0.4, -0.2) is 17.6 Å². The van der Waals surface area contributed by atoms with Crippen LogP contribution in [0.5, 0.6) is 0 Å². The Morgan fingerprint density at radius 3 is 2.82 bits per heavy atom. The van der Waals surface area contributed by atoms with E-state index in [1.807, 2.05) is 0 Å². The summed E-state index contributed by atoms with van der Waals surface area (Å²) < 4.78 is 0. The van der Waals surface area contributed by atoms with Crippen LogP contribution in [0.1, 0.15) is 28.8 Å². The zero-order chi connectivity index (χ0) is 12.4. The van der Waals surface area contributed by atoms with Crippen molar-refractivity contribution in [1.82, 2.24) is 0 Å². The molecule has 0 radical (unpaired) electrons. The van der Waals surface area contributed by atoms with E-state index in [4.69, 9.17) is 23.2 Å². The maximum absolute atomic E-state index is 11.8. The Balaban J connectivity index is 2.37. The summed E-state index contributed by atoms with van der Waals surface area (Å²) in [4.78, 5) is 23.0. The SMILES string of the molecule is O=C1CCc2cc(C(=O)CCCl)c(Cl)cc2N1. The first-order valence-corrected chi connectivity index (χ1v) is 6.24. The number of carbonyl (C=O) groups is 2. The van der Waals surface area contributed by atoms with E-state index in [1.54, 1.807) is 12.1 Å². The van der Waals surface area contributed by atoms with Gasteiger partial charge in [0, 0.05) is 30.0 Å².